The molecule has 0 atom stereocenters. The van der Waals surface area contributed by atoms with E-state index in [9.17, 15) is 9.59 Å². The van der Waals surface area contributed by atoms with E-state index in [-0.39, 0.29) is 12.2 Å². The summed E-state index contributed by atoms with van der Waals surface area (Å²) >= 11 is 0. The van der Waals surface area contributed by atoms with Gasteiger partial charge in [-0.05, 0) is 23.8 Å². The van der Waals surface area contributed by atoms with Crippen molar-refractivity contribution >= 4 is 11.9 Å². The smallest absolute Gasteiger partial charge is 0.337 e. The van der Waals surface area contributed by atoms with Crippen LogP contribution in [0.25, 0.3) is 0 Å². The van der Waals surface area contributed by atoms with E-state index in [1.54, 1.807) is 24.3 Å². The molecule has 0 aliphatic rings. The van der Waals surface area contributed by atoms with Crippen LogP contribution in [-0.2, 0) is 6.61 Å². The predicted octanol–water partition coefficient (Wildman–Crippen LogP) is 1.46. The van der Waals surface area contributed by atoms with E-state index >= 15 is 0 Å². The maximum atomic E-state index is 10.9. The van der Waals surface area contributed by atoms with Crippen molar-refractivity contribution in [1.29, 1.82) is 0 Å². The third-order valence-corrected chi connectivity index (χ3v) is 2.60. The van der Waals surface area contributed by atoms with E-state index in [2.05, 4.69) is 4.98 Å². The van der Waals surface area contributed by atoms with Crippen LogP contribution in [0.2, 0.25) is 0 Å². The van der Waals surface area contributed by atoms with E-state index in [4.69, 9.17) is 15.6 Å². The summed E-state index contributed by atoms with van der Waals surface area (Å²) in [5.74, 6) is -1.19. The van der Waals surface area contributed by atoms with Crippen molar-refractivity contribution in [3.8, 4) is 5.75 Å². The van der Waals surface area contributed by atoms with E-state index in [1.807, 2.05) is 0 Å². The maximum absolute atomic E-state index is 10.9. The Balaban J connectivity index is 2.03. The Morgan fingerprint density at radius 3 is 2.45 bits per heavy atom. The summed E-state index contributed by atoms with van der Waals surface area (Å²) in [6, 6.07) is 8.04. The Labute approximate surface area is 114 Å². The van der Waals surface area contributed by atoms with Gasteiger partial charge in [0.15, 0.2) is 0 Å². The number of hydrogen-bond acceptors (Lipinski definition) is 4. The van der Waals surface area contributed by atoms with Crippen LogP contribution < -0.4 is 10.5 Å². The second kappa shape index (κ2) is 5.83. The zero-order valence-corrected chi connectivity index (χ0v) is 10.4. The molecule has 0 unspecified atom stereocenters. The normalized spacial score (nSPS) is 10.0. The van der Waals surface area contributed by atoms with Crippen molar-refractivity contribution in [2.45, 2.75) is 6.61 Å². The van der Waals surface area contributed by atoms with Crippen molar-refractivity contribution in [3.63, 3.8) is 0 Å². The molecular weight excluding hydrogens is 260 g/mol. The number of aromatic nitrogens is 1. The summed E-state index contributed by atoms with van der Waals surface area (Å²) < 4.78 is 5.44. The molecule has 102 valence electrons. The van der Waals surface area contributed by atoms with Crippen LogP contribution in [0.3, 0.4) is 0 Å². The third kappa shape index (κ3) is 3.32. The number of carboxylic acids is 1. The fraction of sp³-hybridized carbons (Fsp3) is 0.0714. The lowest BCUT2D eigenvalue weighted by atomic mass is 10.1. The Morgan fingerprint density at radius 2 is 1.85 bits per heavy atom. The number of benzene rings is 1. The van der Waals surface area contributed by atoms with Crippen LogP contribution >= 0.6 is 0 Å². The zero-order valence-electron chi connectivity index (χ0n) is 10.4. The van der Waals surface area contributed by atoms with Crippen molar-refractivity contribution in [2.75, 3.05) is 0 Å². The fourth-order valence-corrected chi connectivity index (χ4v) is 1.55. The first-order valence-electron chi connectivity index (χ1n) is 5.76. The minimum Gasteiger partial charge on any atom is -0.487 e. The molecular formula is C14H12N2O4. The van der Waals surface area contributed by atoms with Crippen LogP contribution in [0.5, 0.6) is 5.75 Å². The standard InChI is InChI=1S/C14H12N2O4/c15-13(17)10-3-1-9(2-4-10)8-20-12-5-11(14(18)19)6-16-7-12/h1-7H,8H2,(H2,15,17)(H,18,19). The van der Waals surface area contributed by atoms with Crippen LogP contribution in [0, 0.1) is 0 Å². The molecule has 2 aromatic rings. The SMILES string of the molecule is NC(=O)c1ccc(COc2cncc(C(=O)O)c2)cc1. The zero-order chi connectivity index (χ0) is 14.5. The highest BCUT2D eigenvalue weighted by Gasteiger charge is 2.05. The molecule has 0 fully saturated rings. The number of carbonyl (C=O) groups excluding carboxylic acids is 1. The highest BCUT2D eigenvalue weighted by Crippen LogP contribution is 2.14. The predicted molar refractivity (Wildman–Crippen MR) is 70.5 cm³/mol. The molecule has 0 saturated carbocycles. The summed E-state index contributed by atoms with van der Waals surface area (Å²) in [6.45, 7) is 0.240. The first kappa shape index (κ1) is 13.5. The van der Waals surface area contributed by atoms with Crippen LogP contribution in [0.1, 0.15) is 26.3 Å². The number of pyridine rings is 1. The molecule has 3 N–H and O–H groups in total. The molecule has 6 nitrogen and oxygen atoms in total. The monoisotopic (exact) mass is 272 g/mol. The van der Waals surface area contributed by atoms with Gasteiger partial charge in [0.05, 0.1) is 11.8 Å². The van der Waals surface area contributed by atoms with E-state index in [0.717, 1.165) is 5.56 Å². The average Bonchev–Trinajstić information content (AvgIpc) is 2.46. The van der Waals surface area contributed by atoms with Gasteiger partial charge in [0.1, 0.15) is 12.4 Å². The topological polar surface area (TPSA) is 103 Å². The molecule has 0 spiro atoms. The van der Waals surface area contributed by atoms with Crippen molar-refractivity contribution in [3.05, 3.63) is 59.4 Å². The van der Waals surface area contributed by atoms with Gasteiger partial charge in [-0.3, -0.25) is 9.78 Å². The van der Waals surface area contributed by atoms with E-state index < -0.39 is 11.9 Å². The van der Waals surface area contributed by atoms with Crippen molar-refractivity contribution < 1.29 is 19.4 Å². The average molecular weight is 272 g/mol. The van der Waals surface area contributed by atoms with Crippen LogP contribution in [0.4, 0.5) is 0 Å². The fourth-order valence-electron chi connectivity index (χ4n) is 1.55. The molecule has 0 saturated heterocycles. The molecule has 1 aromatic carbocycles. The van der Waals surface area contributed by atoms with Gasteiger partial charge in [0.25, 0.3) is 0 Å². The van der Waals surface area contributed by atoms with Gasteiger partial charge in [-0.1, -0.05) is 12.1 Å². The van der Waals surface area contributed by atoms with Crippen molar-refractivity contribution in [2.24, 2.45) is 5.73 Å². The lowest BCUT2D eigenvalue weighted by Crippen LogP contribution is -2.10. The lowest BCUT2D eigenvalue weighted by molar-refractivity contribution is 0.0695. The summed E-state index contributed by atoms with van der Waals surface area (Å²) in [5, 5.41) is 8.84. The number of rotatable bonds is 5. The summed E-state index contributed by atoms with van der Waals surface area (Å²) in [7, 11) is 0. The molecule has 0 bridgehead atoms. The summed E-state index contributed by atoms with van der Waals surface area (Å²) in [6.07, 6.45) is 2.68. The van der Waals surface area contributed by atoms with Gasteiger partial charge in [0, 0.05) is 11.8 Å². The largest absolute Gasteiger partial charge is 0.487 e. The van der Waals surface area contributed by atoms with Gasteiger partial charge in [-0.15, -0.1) is 0 Å². The third-order valence-electron chi connectivity index (χ3n) is 2.60. The number of ether oxygens (including phenoxy) is 1. The Kier molecular flexibility index (Phi) is 3.95. The Hall–Kier alpha value is -2.89. The summed E-state index contributed by atoms with van der Waals surface area (Å²) in [4.78, 5) is 25.5. The van der Waals surface area contributed by atoms with Crippen LogP contribution in [0.15, 0.2) is 42.7 Å². The minimum atomic E-state index is -1.06. The summed E-state index contributed by atoms with van der Waals surface area (Å²) in [5.41, 5.74) is 6.45. The number of aromatic carboxylic acids is 1. The first-order valence-corrected chi connectivity index (χ1v) is 5.76. The molecule has 1 heterocycles. The molecule has 1 amide bonds. The molecule has 2 rings (SSSR count). The van der Waals surface area contributed by atoms with E-state index in [0.29, 0.717) is 11.3 Å². The number of primary amides is 1. The van der Waals surface area contributed by atoms with Gasteiger partial charge in [-0.2, -0.15) is 0 Å². The van der Waals surface area contributed by atoms with Gasteiger partial charge < -0.3 is 15.6 Å². The van der Waals surface area contributed by atoms with E-state index in [1.165, 1.54) is 18.5 Å². The number of nitrogens with zero attached hydrogens (tertiary/aromatic N) is 1. The molecule has 0 aliphatic carbocycles. The quantitative estimate of drug-likeness (QED) is 0.857. The Bertz CT molecular complexity index is 638. The lowest BCUT2D eigenvalue weighted by Gasteiger charge is -2.06. The number of carbonyl (C=O) groups is 2. The highest BCUT2D eigenvalue weighted by molar-refractivity contribution is 5.92. The maximum Gasteiger partial charge on any atom is 0.337 e. The minimum absolute atomic E-state index is 0.0616. The van der Waals surface area contributed by atoms with Gasteiger partial charge >= 0.3 is 5.97 Å². The van der Waals surface area contributed by atoms with Gasteiger partial charge in [0.2, 0.25) is 5.91 Å². The van der Waals surface area contributed by atoms with Crippen LogP contribution in [-0.4, -0.2) is 22.0 Å². The number of hydrogen-bond donors (Lipinski definition) is 2. The van der Waals surface area contributed by atoms with Crippen molar-refractivity contribution in [1.82, 2.24) is 4.98 Å². The number of carboxylic acid groups (broad SMARTS) is 1. The molecule has 6 heteroatoms. The molecule has 0 radical (unpaired) electrons. The first-order chi connectivity index (χ1) is 9.56. The molecule has 0 aliphatic heterocycles. The highest BCUT2D eigenvalue weighted by atomic mass is 16.5. The molecule has 1 aromatic heterocycles. The Morgan fingerprint density at radius 1 is 1.15 bits per heavy atom. The molecule has 20 heavy (non-hydrogen) atoms. The van der Waals surface area contributed by atoms with Gasteiger partial charge in [-0.25, -0.2) is 4.79 Å². The number of nitrogens with two attached hydrogens (primary N) is 1. The second-order valence-corrected chi connectivity index (χ2v) is 4.06. The second-order valence-electron chi connectivity index (χ2n) is 4.06. The number of amides is 1.